The van der Waals surface area contributed by atoms with Crippen molar-refractivity contribution in [2.24, 2.45) is 0 Å². The lowest BCUT2D eigenvalue weighted by Crippen LogP contribution is -2.43. The predicted octanol–water partition coefficient (Wildman–Crippen LogP) is 4.84. The first kappa shape index (κ1) is 35.3. The van der Waals surface area contributed by atoms with Crippen LogP contribution >= 0.6 is 0 Å². The Morgan fingerprint density at radius 3 is 1.98 bits per heavy atom. The van der Waals surface area contributed by atoms with E-state index < -0.39 is 27.5 Å². The van der Waals surface area contributed by atoms with Crippen LogP contribution < -0.4 is 0 Å². The number of hydrogen-bond donors (Lipinski definition) is 6. The summed E-state index contributed by atoms with van der Waals surface area (Å²) in [5, 5.41) is 40.1. The Kier molecular flexibility index (Phi) is 9.91. The molecular formula is C37H39NO11S. The molecule has 3 aromatic rings. The molecule has 3 heterocycles. The van der Waals surface area contributed by atoms with E-state index in [4.69, 9.17) is 27.0 Å². The summed E-state index contributed by atoms with van der Waals surface area (Å²) in [7, 11) is -2.38. The molecule has 3 atom stereocenters. The second-order valence-corrected chi connectivity index (χ2v) is 14.0. The Labute approximate surface area is 289 Å². The third-order valence-corrected chi connectivity index (χ3v) is 9.83. The van der Waals surface area contributed by atoms with Crippen LogP contribution in [-0.2, 0) is 31.1 Å². The zero-order chi connectivity index (χ0) is 35.8. The number of ketones is 1. The SMILES string of the molecule is CN1C2CCC1CC(OC(c1ccccc1)c1ccccc1)C2.O=C1C=CC2=C3c4cc(O)c(O)cc4CC3(O)COC2=C1O.O=S(=O)(O)O. The van der Waals surface area contributed by atoms with Gasteiger partial charge in [-0.25, -0.2) is 0 Å². The number of allylic oxidation sites excluding steroid dienone is 2. The number of ether oxygens (including phenoxy) is 2. The molecule has 5 aliphatic rings. The van der Waals surface area contributed by atoms with Gasteiger partial charge in [0.15, 0.2) is 17.3 Å². The first-order chi connectivity index (χ1) is 23.7. The number of piperidine rings is 1. The number of nitrogens with zero attached hydrogens (tertiary/aromatic N) is 1. The Balaban J connectivity index is 0.000000153. The van der Waals surface area contributed by atoms with Crippen LogP contribution in [0, 0.1) is 0 Å². The van der Waals surface area contributed by atoms with Crippen molar-refractivity contribution in [3.63, 3.8) is 0 Å². The minimum absolute atomic E-state index is 0.0348. The summed E-state index contributed by atoms with van der Waals surface area (Å²) in [6.07, 6.45) is 8.33. The van der Waals surface area contributed by atoms with E-state index in [-0.39, 0.29) is 36.4 Å². The molecule has 0 radical (unpaired) electrons. The van der Waals surface area contributed by atoms with Crippen molar-refractivity contribution in [2.75, 3.05) is 13.7 Å². The van der Waals surface area contributed by atoms with Gasteiger partial charge in [0.1, 0.15) is 18.3 Å². The van der Waals surface area contributed by atoms with Gasteiger partial charge in [0.05, 0.1) is 6.10 Å². The number of aromatic hydroxyl groups is 2. The van der Waals surface area contributed by atoms with Crippen LogP contribution in [0.5, 0.6) is 11.5 Å². The summed E-state index contributed by atoms with van der Waals surface area (Å²) in [5.74, 6) is -1.58. The average molecular weight is 706 g/mol. The van der Waals surface area contributed by atoms with Crippen LogP contribution in [0.1, 0.15) is 54.0 Å². The largest absolute Gasteiger partial charge is 0.504 e. The van der Waals surface area contributed by atoms with Crippen LogP contribution in [0.15, 0.2) is 102 Å². The lowest BCUT2D eigenvalue weighted by Gasteiger charge is -2.38. The molecule has 0 amide bonds. The molecule has 2 aliphatic carbocycles. The number of aliphatic hydroxyl groups is 2. The number of phenols is 2. The highest BCUT2D eigenvalue weighted by Gasteiger charge is 2.48. The van der Waals surface area contributed by atoms with Crippen molar-refractivity contribution < 1.29 is 52.2 Å². The summed E-state index contributed by atoms with van der Waals surface area (Å²) in [6, 6.07) is 25.5. The topological polar surface area (TPSA) is 194 Å². The van der Waals surface area contributed by atoms with E-state index in [0.29, 0.717) is 40.5 Å². The van der Waals surface area contributed by atoms with Gasteiger partial charge in [-0.3, -0.25) is 13.9 Å². The number of hydrogen-bond acceptors (Lipinski definition) is 10. The first-order valence-corrected chi connectivity index (χ1v) is 17.6. The normalized spacial score (nSPS) is 25.1. The molecule has 50 heavy (non-hydrogen) atoms. The van der Waals surface area contributed by atoms with Crippen molar-refractivity contribution in [1.29, 1.82) is 0 Å². The molecular weight excluding hydrogens is 666 g/mol. The Hall–Kier alpha value is -4.50. The molecule has 13 heteroatoms. The van der Waals surface area contributed by atoms with Crippen molar-refractivity contribution in [3.05, 3.63) is 124 Å². The van der Waals surface area contributed by atoms with Gasteiger partial charge in [-0.1, -0.05) is 60.7 Å². The van der Waals surface area contributed by atoms with Gasteiger partial charge in [0.2, 0.25) is 11.5 Å². The van der Waals surface area contributed by atoms with Gasteiger partial charge in [-0.2, -0.15) is 8.42 Å². The number of phenolic OH excluding ortho intramolecular Hbond substituents is 2. The Bertz CT molecular complexity index is 1900. The molecule has 12 nitrogen and oxygen atoms in total. The van der Waals surface area contributed by atoms with Crippen LogP contribution in [0.4, 0.5) is 0 Å². The zero-order valence-corrected chi connectivity index (χ0v) is 28.0. The van der Waals surface area contributed by atoms with Crippen LogP contribution in [0.3, 0.4) is 0 Å². The van der Waals surface area contributed by atoms with Gasteiger partial charge < -0.3 is 34.8 Å². The summed E-state index contributed by atoms with van der Waals surface area (Å²) in [4.78, 5) is 14.1. The van der Waals surface area contributed by atoms with Gasteiger partial charge >= 0.3 is 10.4 Å². The van der Waals surface area contributed by atoms with Crippen molar-refractivity contribution in [3.8, 4) is 11.5 Å². The van der Waals surface area contributed by atoms with Crippen molar-refractivity contribution in [2.45, 2.75) is 62.0 Å². The van der Waals surface area contributed by atoms with Crippen LogP contribution in [0.25, 0.3) is 5.57 Å². The molecule has 264 valence electrons. The van der Waals surface area contributed by atoms with E-state index in [1.165, 1.54) is 61.1 Å². The minimum atomic E-state index is -4.67. The summed E-state index contributed by atoms with van der Waals surface area (Å²) < 4.78 is 43.6. The van der Waals surface area contributed by atoms with Crippen LogP contribution in [-0.4, -0.2) is 86.1 Å². The van der Waals surface area contributed by atoms with Crippen molar-refractivity contribution in [1.82, 2.24) is 4.90 Å². The summed E-state index contributed by atoms with van der Waals surface area (Å²) in [5.41, 5.74) is 3.31. The van der Waals surface area contributed by atoms with Crippen molar-refractivity contribution >= 4 is 21.8 Å². The predicted molar refractivity (Wildman–Crippen MR) is 183 cm³/mol. The molecule has 3 aliphatic heterocycles. The lowest BCUT2D eigenvalue weighted by atomic mass is 9.85. The Morgan fingerprint density at radius 1 is 0.880 bits per heavy atom. The molecule has 6 N–H and O–H groups in total. The third-order valence-electron chi connectivity index (χ3n) is 9.83. The maximum absolute atomic E-state index is 11.5. The van der Waals surface area contributed by atoms with E-state index >= 15 is 0 Å². The number of rotatable bonds is 4. The molecule has 8 rings (SSSR count). The minimum Gasteiger partial charge on any atom is -0.504 e. The molecule has 0 saturated carbocycles. The molecule has 2 fully saturated rings. The highest BCUT2D eigenvalue weighted by atomic mass is 32.3. The highest BCUT2D eigenvalue weighted by molar-refractivity contribution is 7.79. The number of aliphatic hydroxyl groups excluding tert-OH is 1. The molecule has 0 spiro atoms. The first-order valence-electron chi connectivity index (χ1n) is 16.2. The third kappa shape index (κ3) is 7.48. The van der Waals surface area contributed by atoms with Crippen LogP contribution in [0.2, 0.25) is 0 Å². The van der Waals surface area contributed by atoms with E-state index in [0.717, 1.165) is 0 Å². The zero-order valence-electron chi connectivity index (χ0n) is 27.2. The second-order valence-electron chi connectivity index (χ2n) is 13.1. The molecule has 3 aromatic carbocycles. The smallest absolute Gasteiger partial charge is 0.394 e. The Morgan fingerprint density at radius 2 is 1.42 bits per heavy atom. The second kappa shape index (κ2) is 14.0. The fraction of sp³-hybridized carbons (Fsp3) is 0.324. The number of carbonyl (C=O) groups is 1. The van der Waals surface area contributed by atoms with Gasteiger partial charge in [0, 0.05) is 29.7 Å². The fourth-order valence-corrected chi connectivity index (χ4v) is 7.53. The molecule has 2 bridgehead atoms. The lowest BCUT2D eigenvalue weighted by molar-refractivity contribution is -0.114. The maximum Gasteiger partial charge on any atom is 0.394 e. The van der Waals surface area contributed by atoms with Gasteiger partial charge in [0.25, 0.3) is 0 Å². The van der Waals surface area contributed by atoms with E-state index in [1.54, 1.807) is 0 Å². The number of fused-ring (bicyclic) bond motifs is 6. The fourth-order valence-electron chi connectivity index (χ4n) is 7.53. The summed E-state index contributed by atoms with van der Waals surface area (Å²) in [6.45, 7) is -0.122. The van der Waals surface area contributed by atoms with E-state index in [9.17, 15) is 25.2 Å². The monoisotopic (exact) mass is 705 g/mol. The summed E-state index contributed by atoms with van der Waals surface area (Å²) >= 11 is 0. The molecule has 0 aromatic heterocycles. The number of benzene rings is 3. The standard InChI is InChI=1S/C21H25NO.C16H12O6.H2O4S/c1-22-18-12-13-19(22)15-20(14-18)23-21(16-8-4-2-5-9-16)17-10-6-3-7-11-17;17-10-2-1-8-13-9-4-12(19)11(18)3-7(9)5-16(13,21)6-22-15(8)14(10)20;1-5(2,3)4/h2-11,18-21H,12-15H2,1H3;1-4,18-21H,5-6H2;(H2,1,2,3,4). The van der Waals surface area contributed by atoms with Gasteiger partial charge in [-0.05, 0) is 79.3 Å². The quantitative estimate of drug-likeness (QED) is 0.160. The molecule has 3 unspecified atom stereocenters. The molecule has 2 saturated heterocycles. The maximum atomic E-state index is 11.5. The van der Waals surface area contributed by atoms with E-state index in [2.05, 4.69) is 72.6 Å². The van der Waals surface area contributed by atoms with E-state index in [1.807, 2.05) is 0 Å². The van der Waals surface area contributed by atoms with Gasteiger partial charge in [-0.15, -0.1) is 0 Å². The highest BCUT2D eigenvalue weighted by Crippen LogP contribution is 2.50. The average Bonchev–Trinajstić information content (AvgIpc) is 3.46. The number of carbonyl (C=O) groups excluding carboxylic acids is 1.